The molecule has 0 saturated carbocycles. The molecule has 3 aromatic rings. The molecule has 3 rings (SSSR count). The molecule has 0 fully saturated rings. The van der Waals surface area contributed by atoms with E-state index in [2.05, 4.69) is 43.2 Å². The highest BCUT2D eigenvalue weighted by molar-refractivity contribution is 9.10. The SMILES string of the molecule is S=c1nc(-c2ccc(Br)c3ccccc23)[nH][nH]1. The van der Waals surface area contributed by atoms with Gasteiger partial charge in [0.2, 0.25) is 4.77 Å². The molecule has 0 aliphatic heterocycles. The van der Waals surface area contributed by atoms with Crippen molar-refractivity contribution < 1.29 is 0 Å². The van der Waals surface area contributed by atoms with Crippen molar-refractivity contribution in [3.05, 3.63) is 45.6 Å². The van der Waals surface area contributed by atoms with Crippen molar-refractivity contribution in [3.8, 4) is 11.4 Å². The van der Waals surface area contributed by atoms with Crippen LogP contribution in [0.3, 0.4) is 0 Å². The molecule has 1 heterocycles. The molecule has 0 unspecified atom stereocenters. The van der Waals surface area contributed by atoms with E-state index in [-0.39, 0.29) is 0 Å². The molecule has 0 spiro atoms. The van der Waals surface area contributed by atoms with Crippen LogP contribution in [0.25, 0.3) is 22.2 Å². The number of nitrogens with zero attached hydrogens (tertiary/aromatic N) is 1. The summed E-state index contributed by atoms with van der Waals surface area (Å²) in [6, 6.07) is 12.2. The second-order valence-corrected chi connectivity index (χ2v) is 4.90. The molecule has 0 amide bonds. The summed E-state index contributed by atoms with van der Waals surface area (Å²) in [6.45, 7) is 0. The van der Waals surface area contributed by atoms with Crippen LogP contribution in [0, 0.1) is 4.77 Å². The van der Waals surface area contributed by atoms with E-state index in [1.54, 1.807) is 0 Å². The maximum absolute atomic E-state index is 4.97. The van der Waals surface area contributed by atoms with Crippen LogP contribution in [0.5, 0.6) is 0 Å². The van der Waals surface area contributed by atoms with Gasteiger partial charge in [-0.2, -0.15) is 4.98 Å². The molecule has 17 heavy (non-hydrogen) atoms. The number of nitrogens with one attached hydrogen (secondary N) is 2. The molecule has 0 bridgehead atoms. The molecule has 1 aromatic heterocycles. The molecule has 0 saturated heterocycles. The lowest BCUT2D eigenvalue weighted by molar-refractivity contribution is 1.08. The Hall–Kier alpha value is -1.46. The molecule has 0 atom stereocenters. The van der Waals surface area contributed by atoms with Crippen LogP contribution in [0.1, 0.15) is 0 Å². The van der Waals surface area contributed by atoms with Gasteiger partial charge >= 0.3 is 0 Å². The van der Waals surface area contributed by atoms with Gasteiger partial charge in [-0.3, -0.25) is 10.2 Å². The van der Waals surface area contributed by atoms with E-state index < -0.39 is 0 Å². The van der Waals surface area contributed by atoms with Crippen molar-refractivity contribution in [2.75, 3.05) is 0 Å². The number of rotatable bonds is 1. The molecule has 5 heteroatoms. The Kier molecular flexibility index (Phi) is 2.57. The number of fused-ring (bicyclic) bond motifs is 1. The third-order valence-electron chi connectivity index (χ3n) is 2.63. The largest absolute Gasteiger partial charge is 0.282 e. The zero-order valence-corrected chi connectivity index (χ0v) is 11.1. The smallest absolute Gasteiger partial charge is 0.213 e. The van der Waals surface area contributed by atoms with Crippen LogP contribution in [0.4, 0.5) is 0 Å². The van der Waals surface area contributed by atoms with E-state index >= 15 is 0 Å². The molecule has 2 N–H and O–H groups in total. The lowest BCUT2D eigenvalue weighted by Gasteiger charge is -2.05. The lowest BCUT2D eigenvalue weighted by Crippen LogP contribution is -1.84. The van der Waals surface area contributed by atoms with Crippen molar-refractivity contribution in [1.82, 2.24) is 15.2 Å². The van der Waals surface area contributed by atoms with Gasteiger partial charge in [-0.15, -0.1) is 0 Å². The van der Waals surface area contributed by atoms with Crippen LogP contribution >= 0.6 is 28.1 Å². The molecule has 3 nitrogen and oxygen atoms in total. The molecule has 0 aliphatic carbocycles. The minimum absolute atomic E-state index is 0.465. The first kappa shape index (κ1) is 10.7. The highest BCUT2D eigenvalue weighted by Crippen LogP contribution is 2.31. The fourth-order valence-corrected chi connectivity index (χ4v) is 2.49. The average molecular weight is 306 g/mol. The van der Waals surface area contributed by atoms with Crippen molar-refractivity contribution in [1.29, 1.82) is 0 Å². The van der Waals surface area contributed by atoms with E-state index in [0.717, 1.165) is 26.6 Å². The molecule has 0 aliphatic rings. The number of aromatic nitrogens is 3. The van der Waals surface area contributed by atoms with Crippen LogP contribution < -0.4 is 0 Å². The third kappa shape index (κ3) is 1.81. The zero-order valence-electron chi connectivity index (χ0n) is 8.70. The summed E-state index contributed by atoms with van der Waals surface area (Å²) in [7, 11) is 0. The summed E-state index contributed by atoms with van der Waals surface area (Å²) in [6.07, 6.45) is 0. The fourth-order valence-electron chi connectivity index (χ4n) is 1.87. The van der Waals surface area contributed by atoms with Gasteiger partial charge in [0.15, 0.2) is 5.82 Å². The van der Waals surface area contributed by atoms with Crippen molar-refractivity contribution in [2.24, 2.45) is 0 Å². The van der Waals surface area contributed by atoms with Gasteiger partial charge in [-0.25, -0.2) is 0 Å². The van der Waals surface area contributed by atoms with Gasteiger partial charge in [0, 0.05) is 10.0 Å². The normalized spacial score (nSPS) is 10.9. The molecule has 84 valence electrons. The molecule has 2 aromatic carbocycles. The summed E-state index contributed by atoms with van der Waals surface area (Å²) in [5.41, 5.74) is 1.04. The minimum Gasteiger partial charge on any atom is -0.282 e. The lowest BCUT2D eigenvalue weighted by atomic mass is 10.0. The summed E-state index contributed by atoms with van der Waals surface area (Å²) < 4.78 is 1.54. The summed E-state index contributed by atoms with van der Waals surface area (Å²) >= 11 is 8.52. The monoisotopic (exact) mass is 305 g/mol. The van der Waals surface area contributed by atoms with E-state index in [9.17, 15) is 0 Å². The van der Waals surface area contributed by atoms with E-state index in [1.165, 1.54) is 0 Å². The topological polar surface area (TPSA) is 44.5 Å². The van der Waals surface area contributed by atoms with E-state index in [1.807, 2.05) is 24.3 Å². The highest BCUT2D eigenvalue weighted by atomic mass is 79.9. The molecule has 0 radical (unpaired) electrons. The third-order valence-corrected chi connectivity index (χ3v) is 3.51. The van der Waals surface area contributed by atoms with E-state index in [0.29, 0.717) is 4.77 Å². The van der Waals surface area contributed by atoms with Gasteiger partial charge in [0.05, 0.1) is 0 Å². The van der Waals surface area contributed by atoms with Crippen LogP contribution in [-0.2, 0) is 0 Å². The highest BCUT2D eigenvalue weighted by Gasteiger charge is 2.08. The number of H-pyrrole nitrogens is 2. The van der Waals surface area contributed by atoms with Crippen LogP contribution in [0.15, 0.2) is 40.9 Å². The second kappa shape index (κ2) is 4.09. The first-order valence-corrected chi connectivity index (χ1v) is 6.28. The number of benzene rings is 2. The maximum Gasteiger partial charge on any atom is 0.213 e. The first-order chi connectivity index (χ1) is 8.25. The Morgan fingerprint density at radius 1 is 1.00 bits per heavy atom. The minimum atomic E-state index is 0.465. The first-order valence-electron chi connectivity index (χ1n) is 5.08. The van der Waals surface area contributed by atoms with Crippen molar-refractivity contribution in [2.45, 2.75) is 0 Å². The Labute approximate surface area is 111 Å². The second-order valence-electron chi connectivity index (χ2n) is 3.66. The van der Waals surface area contributed by atoms with E-state index in [4.69, 9.17) is 12.2 Å². The Balaban J connectivity index is 2.38. The Morgan fingerprint density at radius 2 is 1.76 bits per heavy atom. The number of aromatic amines is 2. The van der Waals surface area contributed by atoms with Gasteiger partial charge < -0.3 is 0 Å². The van der Waals surface area contributed by atoms with Gasteiger partial charge in [-0.05, 0) is 35.1 Å². The number of hydrogen-bond donors (Lipinski definition) is 2. The number of halogens is 1. The van der Waals surface area contributed by atoms with Gasteiger partial charge in [0.1, 0.15) is 0 Å². The quantitative estimate of drug-likeness (QED) is 0.666. The standard InChI is InChI=1S/C12H8BrN3S/c13-10-6-5-9(11-14-12(17)16-15-11)7-3-1-2-4-8(7)10/h1-6H,(H2,14,15,16,17). The number of hydrogen-bond acceptors (Lipinski definition) is 2. The van der Waals surface area contributed by atoms with Crippen LogP contribution in [0.2, 0.25) is 0 Å². The van der Waals surface area contributed by atoms with Gasteiger partial charge in [0.25, 0.3) is 0 Å². The molecular weight excluding hydrogens is 298 g/mol. The molecular formula is C12H8BrN3S. The summed E-state index contributed by atoms with van der Waals surface area (Å²) in [5.74, 6) is 0.763. The van der Waals surface area contributed by atoms with Crippen molar-refractivity contribution in [3.63, 3.8) is 0 Å². The predicted octanol–water partition coefficient (Wildman–Crippen LogP) is 4.05. The fraction of sp³-hybridized carbons (Fsp3) is 0. The van der Waals surface area contributed by atoms with Gasteiger partial charge in [-0.1, -0.05) is 40.2 Å². The average Bonchev–Trinajstić information content (AvgIpc) is 2.77. The predicted molar refractivity (Wildman–Crippen MR) is 74.4 cm³/mol. The van der Waals surface area contributed by atoms with Crippen LogP contribution in [-0.4, -0.2) is 15.2 Å². The summed E-state index contributed by atoms with van der Waals surface area (Å²) in [5, 5.41) is 8.09. The zero-order chi connectivity index (χ0) is 11.8. The Bertz CT molecular complexity index is 745. The maximum atomic E-state index is 4.97. The van der Waals surface area contributed by atoms with Crippen molar-refractivity contribution >= 4 is 38.9 Å². The Morgan fingerprint density at radius 3 is 2.47 bits per heavy atom. The summed E-state index contributed by atoms with van der Waals surface area (Å²) in [4.78, 5) is 4.25.